The third-order valence-corrected chi connectivity index (χ3v) is 5.57. The van der Waals surface area contributed by atoms with Crippen molar-refractivity contribution in [3.63, 3.8) is 0 Å². The molecule has 1 fully saturated rings. The van der Waals surface area contributed by atoms with Crippen molar-refractivity contribution in [2.45, 2.75) is 56.0 Å². The topological polar surface area (TPSA) is 200 Å². The average molecular weight is 476 g/mol. The molecule has 0 bridgehead atoms. The number of ether oxygens (including phenoxy) is 1. The van der Waals surface area contributed by atoms with Crippen molar-refractivity contribution in [2.24, 2.45) is 17.4 Å². The Bertz CT molecular complexity index is 958. The van der Waals surface area contributed by atoms with E-state index in [9.17, 15) is 28.2 Å². The highest BCUT2D eigenvalue weighted by molar-refractivity contribution is 5.81. The van der Waals surface area contributed by atoms with Crippen LogP contribution in [0.5, 0.6) is 0 Å². The summed E-state index contributed by atoms with van der Waals surface area (Å²) >= 11 is 0. The van der Waals surface area contributed by atoms with E-state index in [0.29, 0.717) is 5.52 Å². The van der Waals surface area contributed by atoms with Crippen LogP contribution in [0.1, 0.15) is 25.5 Å². The van der Waals surface area contributed by atoms with Gasteiger partial charge in [-0.1, -0.05) is 0 Å². The van der Waals surface area contributed by atoms with Crippen LogP contribution in [-0.2, 0) is 9.53 Å². The summed E-state index contributed by atoms with van der Waals surface area (Å²) < 4.78 is 44.9. The number of nitrogen functional groups attached to an aromatic ring is 1. The third-order valence-electron chi connectivity index (χ3n) is 5.57. The van der Waals surface area contributed by atoms with Gasteiger partial charge in [-0.15, -0.1) is 0 Å². The molecule has 2 aromatic rings. The standard InChI is InChI=1S/C18H27F3N8O4/c19-18(20,21)5-25-4-8(1-2-9(22)15(24)32)3-10-12(30)13(31)17(33-10)29-7-28-11-14(23)26-6-27-16(11)29/h6-10,12-13,17,25,30-31H,1-5,22H2,(H2,24,32)(H2,23,26,27)/t8-,9-,10+,12+,13+,17+/m0/s1. The van der Waals surface area contributed by atoms with E-state index in [-0.39, 0.29) is 37.3 Å². The average Bonchev–Trinajstić information content (AvgIpc) is 3.28. The number of halogens is 3. The smallest absolute Gasteiger partial charge is 0.388 e. The van der Waals surface area contributed by atoms with Gasteiger partial charge in [0, 0.05) is 0 Å². The summed E-state index contributed by atoms with van der Waals surface area (Å²) in [6.45, 7) is -1.27. The van der Waals surface area contributed by atoms with Crippen molar-refractivity contribution in [3.05, 3.63) is 12.7 Å². The zero-order valence-corrected chi connectivity index (χ0v) is 17.5. The van der Waals surface area contributed by atoms with E-state index in [0.717, 1.165) is 0 Å². The second-order valence-electron chi connectivity index (χ2n) is 8.06. The molecular formula is C18H27F3N8O4. The highest BCUT2D eigenvalue weighted by Crippen LogP contribution is 2.35. The maximum atomic E-state index is 12.5. The van der Waals surface area contributed by atoms with E-state index in [2.05, 4.69) is 20.3 Å². The zero-order chi connectivity index (χ0) is 24.3. The summed E-state index contributed by atoms with van der Waals surface area (Å²) in [5, 5.41) is 23.4. The fraction of sp³-hybridized carbons (Fsp3) is 0.667. The Morgan fingerprint density at radius 3 is 2.64 bits per heavy atom. The Morgan fingerprint density at radius 1 is 1.24 bits per heavy atom. The molecule has 0 aromatic carbocycles. The van der Waals surface area contributed by atoms with E-state index in [1.807, 2.05) is 0 Å². The Labute approximate surface area is 186 Å². The van der Waals surface area contributed by atoms with Crippen molar-refractivity contribution in [2.75, 3.05) is 18.8 Å². The number of aliphatic hydroxyl groups is 2. The van der Waals surface area contributed by atoms with E-state index in [4.69, 9.17) is 21.9 Å². The van der Waals surface area contributed by atoms with Gasteiger partial charge in [-0.25, -0.2) is 15.0 Å². The summed E-state index contributed by atoms with van der Waals surface area (Å²) in [5.74, 6) is -1.05. The fourth-order valence-corrected chi connectivity index (χ4v) is 3.82. The van der Waals surface area contributed by atoms with Gasteiger partial charge in [0.1, 0.15) is 24.1 Å². The van der Waals surface area contributed by atoms with Gasteiger partial charge in [0.2, 0.25) is 5.91 Å². The van der Waals surface area contributed by atoms with Crippen molar-refractivity contribution in [1.82, 2.24) is 24.8 Å². The highest BCUT2D eigenvalue weighted by atomic mass is 19.4. The molecule has 1 aliphatic heterocycles. The Hall–Kier alpha value is -2.59. The number of alkyl halides is 3. The predicted molar refractivity (Wildman–Crippen MR) is 109 cm³/mol. The minimum atomic E-state index is -4.40. The van der Waals surface area contributed by atoms with Crippen LogP contribution in [0.4, 0.5) is 19.0 Å². The minimum absolute atomic E-state index is 0.0733. The Kier molecular flexibility index (Phi) is 7.69. The van der Waals surface area contributed by atoms with Crippen LogP contribution < -0.4 is 22.5 Å². The zero-order valence-electron chi connectivity index (χ0n) is 17.5. The van der Waals surface area contributed by atoms with Crippen molar-refractivity contribution >= 4 is 22.9 Å². The first-order valence-corrected chi connectivity index (χ1v) is 10.2. The normalized spacial score (nSPS) is 25.4. The number of amides is 1. The summed E-state index contributed by atoms with van der Waals surface area (Å²) in [5.41, 5.74) is 17.2. The van der Waals surface area contributed by atoms with E-state index < -0.39 is 55.1 Å². The first-order chi connectivity index (χ1) is 15.5. The van der Waals surface area contributed by atoms with Crippen molar-refractivity contribution in [1.29, 1.82) is 0 Å². The number of aromatic nitrogens is 4. The number of nitrogens with zero attached hydrogens (tertiary/aromatic N) is 4. The van der Waals surface area contributed by atoms with Crippen LogP contribution in [0.2, 0.25) is 0 Å². The largest absolute Gasteiger partial charge is 0.401 e. The molecule has 0 unspecified atom stereocenters. The van der Waals surface area contributed by atoms with Gasteiger partial charge in [0.25, 0.3) is 0 Å². The van der Waals surface area contributed by atoms with Crippen LogP contribution >= 0.6 is 0 Å². The quantitative estimate of drug-likeness (QED) is 0.241. The van der Waals surface area contributed by atoms with Gasteiger partial charge < -0.3 is 37.5 Å². The third kappa shape index (κ3) is 6.05. The monoisotopic (exact) mass is 476 g/mol. The molecule has 15 heteroatoms. The number of nitrogens with two attached hydrogens (primary N) is 3. The number of carbonyl (C=O) groups is 1. The number of primary amides is 1. The first-order valence-electron chi connectivity index (χ1n) is 10.2. The predicted octanol–water partition coefficient (Wildman–Crippen LogP) is -1.22. The lowest BCUT2D eigenvalue weighted by molar-refractivity contribution is -0.125. The van der Waals surface area contributed by atoms with Crippen LogP contribution in [0.15, 0.2) is 12.7 Å². The number of imidazole rings is 1. The van der Waals surface area contributed by atoms with Crippen LogP contribution in [0, 0.1) is 5.92 Å². The first kappa shape index (κ1) is 25.0. The lowest BCUT2D eigenvalue weighted by Gasteiger charge is -2.24. The molecule has 9 N–H and O–H groups in total. The van der Waals surface area contributed by atoms with Crippen LogP contribution in [-0.4, -0.2) is 79.3 Å². The molecule has 33 heavy (non-hydrogen) atoms. The Balaban J connectivity index is 1.71. The van der Waals surface area contributed by atoms with Crippen molar-refractivity contribution < 1.29 is 32.9 Å². The number of hydrogen-bond donors (Lipinski definition) is 6. The van der Waals surface area contributed by atoms with Gasteiger partial charge >= 0.3 is 6.18 Å². The number of rotatable bonds is 10. The molecule has 184 valence electrons. The fourth-order valence-electron chi connectivity index (χ4n) is 3.82. The molecule has 0 saturated carbocycles. The molecule has 1 amide bonds. The molecule has 0 radical (unpaired) electrons. The number of carbonyl (C=O) groups excluding carboxylic acids is 1. The lowest BCUT2D eigenvalue weighted by Crippen LogP contribution is -2.39. The number of fused-ring (bicyclic) bond motifs is 1. The van der Waals surface area contributed by atoms with Crippen molar-refractivity contribution in [3.8, 4) is 0 Å². The summed E-state index contributed by atoms with van der Waals surface area (Å²) in [4.78, 5) is 23.2. The molecule has 0 spiro atoms. The number of anilines is 1. The maximum absolute atomic E-state index is 12.5. The van der Waals surface area contributed by atoms with E-state index >= 15 is 0 Å². The van der Waals surface area contributed by atoms with Gasteiger partial charge in [-0.05, 0) is 31.7 Å². The molecule has 3 rings (SSSR count). The van der Waals surface area contributed by atoms with Crippen LogP contribution in [0.25, 0.3) is 11.2 Å². The van der Waals surface area contributed by atoms with E-state index in [1.54, 1.807) is 0 Å². The highest BCUT2D eigenvalue weighted by Gasteiger charge is 2.45. The second kappa shape index (κ2) is 10.1. The molecule has 12 nitrogen and oxygen atoms in total. The van der Waals surface area contributed by atoms with Gasteiger partial charge in [0.15, 0.2) is 17.7 Å². The summed E-state index contributed by atoms with van der Waals surface area (Å²) in [6.07, 6.45) is -6.01. The maximum Gasteiger partial charge on any atom is 0.401 e. The van der Waals surface area contributed by atoms with Crippen LogP contribution in [0.3, 0.4) is 0 Å². The summed E-state index contributed by atoms with van der Waals surface area (Å²) in [7, 11) is 0. The number of aliphatic hydroxyl groups excluding tert-OH is 2. The van der Waals surface area contributed by atoms with Gasteiger partial charge in [-0.3, -0.25) is 9.36 Å². The number of nitrogens with one attached hydrogen (secondary N) is 1. The minimum Gasteiger partial charge on any atom is -0.388 e. The van der Waals surface area contributed by atoms with Gasteiger partial charge in [-0.2, -0.15) is 13.2 Å². The molecule has 0 aliphatic carbocycles. The Morgan fingerprint density at radius 2 is 1.97 bits per heavy atom. The van der Waals surface area contributed by atoms with E-state index in [1.165, 1.54) is 17.2 Å². The lowest BCUT2D eigenvalue weighted by atomic mass is 9.91. The molecule has 3 heterocycles. The second-order valence-corrected chi connectivity index (χ2v) is 8.06. The molecular weight excluding hydrogens is 449 g/mol. The summed E-state index contributed by atoms with van der Waals surface area (Å²) in [6, 6.07) is -0.953. The molecule has 1 aliphatic rings. The molecule has 2 aromatic heterocycles. The number of hydrogen-bond acceptors (Lipinski definition) is 10. The van der Waals surface area contributed by atoms with Gasteiger partial charge in [0.05, 0.1) is 25.0 Å². The SMILES string of the molecule is NC(=O)[C@@H](N)CC[C@H](CNCC(F)(F)F)C[C@H]1O[C@@H](n2cnc3c(N)ncnc32)[C@H](O)[C@@H]1O. The molecule has 1 saturated heterocycles. The molecule has 6 atom stereocenters.